The van der Waals surface area contributed by atoms with Crippen LogP contribution in [0.2, 0.25) is 0 Å². The highest BCUT2D eigenvalue weighted by Gasteiger charge is 2.19. The smallest absolute Gasteiger partial charge is 0.253 e. The molecule has 1 aliphatic rings. The third kappa shape index (κ3) is 3.41. The van der Waals surface area contributed by atoms with Gasteiger partial charge in [0, 0.05) is 31.6 Å². The number of ether oxygens (including phenoxy) is 1. The molecule has 0 aromatic carbocycles. The van der Waals surface area contributed by atoms with Crippen molar-refractivity contribution in [2.45, 2.75) is 32.4 Å². The Bertz CT molecular complexity index is 915. The summed E-state index contributed by atoms with van der Waals surface area (Å²) in [7, 11) is 0. The fourth-order valence-electron chi connectivity index (χ4n) is 3.06. The maximum absolute atomic E-state index is 12.4. The largest absolute Gasteiger partial charge is 0.381 e. The summed E-state index contributed by atoms with van der Waals surface area (Å²) in [6.07, 6.45) is 8.64. The third-order valence-electron chi connectivity index (χ3n) is 4.52. The zero-order chi connectivity index (χ0) is 17.9. The predicted molar refractivity (Wildman–Crippen MR) is 94.6 cm³/mol. The van der Waals surface area contributed by atoms with E-state index < -0.39 is 0 Å². The number of carbonyl (C=O) groups excluding carboxylic acids is 1. The van der Waals surface area contributed by atoms with Gasteiger partial charge in [0.15, 0.2) is 5.65 Å². The summed E-state index contributed by atoms with van der Waals surface area (Å²) in [6.45, 7) is 3.70. The fraction of sp³-hybridized carbons (Fsp3) is 0.389. The molecular weight excluding hydrogens is 332 g/mol. The van der Waals surface area contributed by atoms with E-state index in [0.29, 0.717) is 23.8 Å². The summed E-state index contributed by atoms with van der Waals surface area (Å²) in [5, 5.41) is 2.84. The first kappa shape index (κ1) is 16.6. The Hall–Kier alpha value is -2.87. The molecule has 0 bridgehead atoms. The van der Waals surface area contributed by atoms with E-state index in [-0.39, 0.29) is 5.91 Å². The molecule has 0 atom stereocenters. The summed E-state index contributed by atoms with van der Waals surface area (Å²) in [5.74, 6) is -0.206. The highest BCUT2D eigenvalue weighted by atomic mass is 16.5. The van der Waals surface area contributed by atoms with E-state index in [1.165, 1.54) is 0 Å². The average molecular weight is 352 g/mol. The normalized spacial score (nSPS) is 15.3. The highest BCUT2D eigenvalue weighted by molar-refractivity contribution is 5.96. The van der Waals surface area contributed by atoms with Crippen LogP contribution in [0.15, 0.2) is 31.0 Å². The van der Waals surface area contributed by atoms with Crippen LogP contribution in [0.3, 0.4) is 0 Å². The number of nitrogens with one attached hydrogen (secondary N) is 1. The van der Waals surface area contributed by atoms with Crippen LogP contribution in [0.1, 0.15) is 40.6 Å². The number of rotatable bonds is 4. The van der Waals surface area contributed by atoms with Gasteiger partial charge in [-0.05, 0) is 25.8 Å². The summed E-state index contributed by atoms with van der Waals surface area (Å²) >= 11 is 0. The Morgan fingerprint density at radius 1 is 1.19 bits per heavy atom. The Morgan fingerprint density at radius 3 is 2.81 bits per heavy atom. The summed E-state index contributed by atoms with van der Waals surface area (Å²) in [4.78, 5) is 29.7. The lowest BCUT2D eigenvalue weighted by molar-refractivity contribution is 0.0704. The minimum Gasteiger partial charge on any atom is -0.381 e. The van der Waals surface area contributed by atoms with E-state index in [0.717, 1.165) is 42.9 Å². The van der Waals surface area contributed by atoms with E-state index in [1.807, 2.05) is 6.92 Å². The molecule has 1 saturated heterocycles. The van der Waals surface area contributed by atoms with Crippen LogP contribution in [-0.2, 0) is 11.3 Å². The molecule has 1 aliphatic heterocycles. The first-order chi connectivity index (χ1) is 12.7. The number of fused-ring (bicyclic) bond motifs is 1. The number of aromatic nitrogens is 5. The van der Waals surface area contributed by atoms with Gasteiger partial charge in [0.25, 0.3) is 5.91 Å². The van der Waals surface area contributed by atoms with E-state index in [4.69, 9.17) is 4.74 Å². The van der Waals surface area contributed by atoms with E-state index >= 15 is 0 Å². The molecule has 1 fully saturated rings. The SMILES string of the molecule is Cc1cnc(CNC(=O)c2cnc3c(c2)ncn3C2CCOCC2)cn1. The molecule has 1 N–H and O–H groups in total. The van der Waals surface area contributed by atoms with Crippen molar-refractivity contribution in [1.82, 2.24) is 29.8 Å². The number of hydrogen-bond donors (Lipinski definition) is 1. The van der Waals surface area contributed by atoms with Crippen LogP contribution in [0, 0.1) is 6.92 Å². The summed E-state index contributed by atoms with van der Waals surface area (Å²) in [6, 6.07) is 2.12. The Balaban J connectivity index is 1.48. The monoisotopic (exact) mass is 352 g/mol. The summed E-state index contributed by atoms with van der Waals surface area (Å²) in [5.41, 5.74) is 3.56. The number of amides is 1. The maximum Gasteiger partial charge on any atom is 0.253 e. The van der Waals surface area contributed by atoms with Crippen molar-refractivity contribution in [1.29, 1.82) is 0 Å². The number of aryl methyl sites for hydroxylation is 1. The quantitative estimate of drug-likeness (QED) is 0.769. The zero-order valence-corrected chi connectivity index (χ0v) is 14.6. The molecule has 4 rings (SSSR count). The molecule has 0 spiro atoms. The van der Waals surface area contributed by atoms with Crippen LogP contribution in [0.5, 0.6) is 0 Å². The van der Waals surface area contributed by atoms with Crippen molar-refractivity contribution in [3.8, 4) is 0 Å². The van der Waals surface area contributed by atoms with Crippen molar-refractivity contribution in [2.75, 3.05) is 13.2 Å². The lowest BCUT2D eigenvalue weighted by Gasteiger charge is -2.23. The molecule has 3 aromatic heterocycles. The maximum atomic E-state index is 12.4. The molecule has 8 heteroatoms. The average Bonchev–Trinajstić information content (AvgIpc) is 3.11. The van der Waals surface area contributed by atoms with Crippen LogP contribution in [0.25, 0.3) is 11.2 Å². The molecule has 26 heavy (non-hydrogen) atoms. The molecule has 0 radical (unpaired) electrons. The van der Waals surface area contributed by atoms with Gasteiger partial charge in [-0.1, -0.05) is 0 Å². The zero-order valence-electron chi connectivity index (χ0n) is 14.6. The number of imidazole rings is 1. The standard InChI is InChI=1S/C18H20N6O2/c1-12-7-20-14(9-19-12)10-22-18(25)13-6-16-17(21-8-13)24(11-23-16)15-2-4-26-5-3-15/h6-9,11,15H,2-5,10H2,1H3,(H,22,25). The van der Waals surface area contributed by atoms with Gasteiger partial charge in [-0.3, -0.25) is 14.8 Å². The van der Waals surface area contributed by atoms with Gasteiger partial charge in [-0.15, -0.1) is 0 Å². The second-order valence-electron chi connectivity index (χ2n) is 6.39. The van der Waals surface area contributed by atoms with Gasteiger partial charge in [-0.2, -0.15) is 0 Å². The van der Waals surface area contributed by atoms with Gasteiger partial charge >= 0.3 is 0 Å². The van der Waals surface area contributed by atoms with Crippen molar-refractivity contribution in [3.05, 3.63) is 47.9 Å². The molecule has 0 aliphatic carbocycles. The van der Waals surface area contributed by atoms with Crippen LogP contribution >= 0.6 is 0 Å². The first-order valence-corrected chi connectivity index (χ1v) is 8.67. The van der Waals surface area contributed by atoms with Crippen molar-refractivity contribution in [3.63, 3.8) is 0 Å². The fourth-order valence-corrected chi connectivity index (χ4v) is 3.06. The van der Waals surface area contributed by atoms with Crippen molar-refractivity contribution < 1.29 is 9.53 Å². The minimum absolute atomic E-state index is 0.206. The molecular formula is C18H20N6O2. The van der Waals surface area contributed by atoms with Gasteiger partial charge in [0.1, 0.15) is 5.52 Å². The molecule has 134 valence electrons. The van der Waals surface area contributed by atoms with Crippen molar-refractivity contribution in [2.24, 2.45) is 0 Å². The highest BCUT2D eigenvalue weighted by Crippen LogP contribution is 2.24. The molecule has 4 heterocycles. The predicted octanol–water partition coefficient (Wildman–Crippen LogP) is 1.81. The van der Waals surface area contributed by atoms with Gasteiger partial charge in [-0.25, -0.2) is 9.97 Å². The van der Waals surface area contributed by atoms with Gasteiger partial charge in [0.2, 0.25) is 0 Å². The molecule has 3 aromatic rings. The number of hydrogen-bond acceptors (Lipinski definition) is 6. The van der Waals surface area contributed by atoms with Crippen LogP contribution < -0.4 is 5.32 Å². The van der Waals surface area contributed by atoms with Crippen LogP contribution in [-0.4, -0.2) is 43.6 Å². The molecule has 8 nitrogen and oxygen atoms in total. The van der Waals surface area contributed by atoms with Gasteiger partial charge < -0.3 is 14.6 Å². The third-order valence-corrected chi connectivity index (χ3v) is 4.52. The first-order valence-electron chi connectivity index (χ1n) is 8.67. The Kier molecular flexibility index (Phi) is 4.57. The minimum atomic E-state index is -0.206. The second kappa shape index (κ2) is 7.17. The number of nitrogens with zero attached hydrogens (tertiary/aromatic N) is 5. The van der Waals surface area contributed by atoms with E-state index in [9.17, 15) is 4.79 Å². The lowest BCUT2D eigenvalue weighted by atomic mass is 10.1. The van der Waals surface area contributed by atoms with Gasteiger partial charge in [0.05, 0.1) is 36.0 Å². The van der Waals surface area contributed by atoms with Crippen LogP contribution in [0.4, 0.5) is 0 Å². The van der Waals surface area contributed by atoms with Crippen molar-refractivity contribution >= 4 is 17.1 Å². The topological polar surface area (TPSA) is 94.8 Å². The van der Waals surface area contributed by atoms with E-state index in [1.54, 1.807) is 31.0 Å². The second-order valence-corrected chi connectivity index (χ2v) is 6.39. The van der Waals surface area contributed by atoms with E-state index in [2.05, 4.69) is 29.8 Å². The molecule has 0 saturated carbocycles. The Labute approximate surface area is 150 Å². The summed E-state index contributed by atoms with van der Waals surface area (Å²) < 4.78 is 7.50. The lowest BCUT2D eigenvalue weighted by Crippen LogP contribution is -2.23. The molecule has 0 unspecified atom stereocenters. The number of carbonyl (C=O) groups is 1. The number of pyridine rings is 1. The molecule has 1 amide bonds. The Morgan fingerprint density at radius 2 is 2.04 bits per heavy atom.